The molecule has 1 amide bonds. The highest BCUT2D eigenvalue weighted by molar-refractivity contribution is 7.89. The van der Waals surface area contributed by atoms with Crippen molar-refractivity contribution in [3.05, 3.63) is 65.5 Å². The molecule has 0 bridgehead atoms. The van der Waals surface area contributed by atoms with Crippen molar-refractivity contribution >= 4 is 15.9 Å². The van der Waals surface area contributed by atoms with Crippen molar-refractivity contribution in [2.45, 2.75) is 25.3 Å². The van der Waals surface area contributed by atoms with Gasteiger partial charge < -0.3 is 4.90 Å². The number of hydrogen-bond donors (Lipinski definition) is 0. The Bertz CT molecular complexity index is 867. The van der Waals surface area contributed by atoms with E-state index in [0.29, 0.717) is 12.1 Å². The molecule has 0 heterocycles. The van der Waals surface area contributed by atoms with E-state index < -0.39 is 10.0 Å². The number of nitrogens with zero attached hydrogens (tertiary/aromatic N) is 2. The van der Waals surface area contributed by atoms with E-state index in [9.17, 15) is 17.6 Å². The normalized spacial score (nSPS) is 11.6. The highest BCUT2D eigenvalue weighted by Crippen LogP contribution is 2.15. The van der Waals surface area contributed by atoms with Crippen molar-refractivity contribution < 1.29 is 17.6 Å². The van der Waals surface area contributed by atoms with Crippen molar-refractivity contribution in [3.8, 4) is 0 Å². The van der Waals surface area contributed by atoms with Crippen molar-refractivity contribution in [1.29, 1.82) is 0 Å². The van der Waals surface area contributed by atoms with E-state index in [-0.39, 0.29) is 29.7 Å². The third-order valence-electron chi connectivity index (χ3n) is 4.08. The first-order valence-corrected chi connectivity index (χ1v) is 9.73. The number of benzene rings is 2. The summed E-state index contributed by atoms with van der Waals surface area (Å²) in [5.41, 5.74) is 1.61. The maximum absolute atomic E-state index is 13.3. The molecule has 7 heteroatoms. The zero-order chi connectivity index (χ0) is 19.3. The molecule has 0 N–H and O–H groups in total. The molecule has 2 aromatic carbocycles. The number of carbonyl (C=O) groups excluding carboxylic acids is 1. The zero-order valence-electron chi connectivity index (χ0n) is 15.1. The van der Waals surface area contributed by atoms with Crippen LogP contribution < -0.4 is 0 Å². The summed E-state index contributed by atoms with van der Waals surface area (Å²) in [6.07, 6.45) is 0. The predicted molar refractivity (Wildman–Crippen MR) is 98.5 cm³/mol. The van der Waals surface area contributed by atoms with Gasteiger partial charge in [0.25, 0.3) is 0 Å². The summed E-state index contributed by atoms with van der Waals surface area (Å²) >= 11 is 0. The van der Waals surface area contributed by atoms with E-state index in [1.807, 2.05) is 6.92 Å². The fraction of sp³-hybridized carbons (Fsp3) is 0.316. The van der Waals surface area contributed by atoms with Crippen molar-refractivity contribution in [1.82, 2.24) is 9.21 Å². The average Bonchev–Trinajstić information content (AvgIpc) is 2.60. The highest BCUT2D eigenvalue weighted by atomic mass is 32.2. The van der Waals surface area contributed by atoms with Gasteiger partial charge in [-0.3, -0.25) is 4.79 Å². The van der Waals surface area contributed by atoms with Crippen LogP contribution in [0.2, 0.25) is 0 Å². The Morgan fingerprint density at radius 2 is 1.77 bits per heavy atom. The molecule has 0 fully saturated rings. The molecule has 0 aliphatic carbocycles. The number of sulfonamides is 1. The van der Waals surface area contributed by atoms with Gasteiger partial charge in [0.15, 0.2) is 0 Å². The van der Waals surface area contributed by atoms with Crippen LogP contribution in [0.25, 0.3) is 0 Å². The molecule has 0 atom stereocenters. The largest absolute Gasteiger partial charge is 0.338 e. The zero-order valence-corrected chi connectivity index (χ0v) is 16.0. The van der Waals surface area contributed by atoms with E-state index in [4.69, 9.17) is 0 Å². The summed E-state index contributed by atoms with van der Waals surface area (Å²) in [5, 5.41) is 0. The molecular weight excluding hydrogens is 355 g/mol. The minimum absolute atomic E-state index is 0.145. The molecule has 0 aliphatic heterocycles. The van der Waals surface area contributed by atoms with E-state index in [1.165, 1.54) is 36.2 Å². The van der Waals surface area contributed by atoms with Crippen LogP contribution in [0, 0.1) is 12.7 Å². The van der Waals surface area contributed by atoms with Gasteiger partial charge in [0.05, 0.1) is 11.4 Å². The molecule has 0 unspecified atom stereocenters. The fourth-order valence-corrected chi connectivity index (χ4v) is 3.62. The summed E-state index contributed by atoms with van der Waals surface area (Å²) in [6.45, 7) is 4.01. The van der Waals surface area contributed by atoms with Gasteiger partial charge in [0, 0.05) is 20.1 Å². The second-order valence-electron chi connectivity index (χ2n) is 6.11. The first-order valence-electron chi connectivity index (χ1n) is 8.29. The standard InChI is InChI=1S/C19H23FN2O3S/c1-4-22(13-16-6-5-7-17(20)12-16)19(23)14-21(3)26(24,25)18-10-8-15(2)9-11-18/h5-12H,4,13-14H2,1-3H3. The van der Waals surface area contributed by atoms with Crippen molar-refractivity contribution in [2.75, 3.05) is 20.1 Å². The molecule has 0 aliphatic rings. The minimum Gasteiger partial charge on any atom is -0.338 e. The Morgan fingerprint density at radius 1 is 1.12 bits per heavy atom. The number of amides is 1. The Morgan fingerprint density at radius 3 is 2.35 bits per heavy atom. The highest BCUT2D eigenvalue weighted by Gasteiger charge is 2.24. The van der Waals surface area contributed by atoms with E-state index >= 15 is 0 Å². The molecule has 2 rings (SSSR count). The molecule has 2 aromatic rings. The second-order valence-corrected chi connectivity index (χ2v) is 8.16. The third kappa shape index (κ3) is 4.89. The summed E-state index contributed by atoms with van der Waals surface area (Å²) in [7, 11) is -2.37. The first-order chi connectivity index (χ1) is 12.2. The molecule has 5 nitrogen and oxygen atoms in total. The lowest BCUT2D eigenvalue weighted by Crippen LogP contribution is -2.40. The Kier molecular flexibility index (Phi) is 6.50. The van der Waals surface area contributed by atoms with Crippen LogP contribution in [-0.2, 0) is 21.4 Å². The Labute approximate surface area is 154 Å². The number of aryl methyl sites for hydroxylation is 1. The summed E-state index contributed by atoms with van der Waals surface area (Å²) < 4.78 is 39.5. The molecule has 0 saturated heterocycles. The van der Waals surface area contributed by atoms with Crippen molar-refractivity contribution in [3.63, 3.8) is 0 Å². The molecular formula is C19H23FN2O3S. The van der Waals surface area contributed by atoms with E-state index in [0.717, 1.165) is 9.87 Å². The molecule has 0 saturated carbocycles. The topological polar surface area (TPSA) is 57.7 Å². The number of rotatable bonds is 7. The molecule has 140 valence electrons. The number of likely N-dealkylation sites (N-methyl/N-ethyl adjacent to an activating group) is 2. The summed E-state index contributed by atoms with van der Waals surface area (Å²) in [6, 6.07) is 12.5. The first kappa shape index (κ1) is 20.1. The van der Waals surface area contributed by atoms with Gasteiger partial charge in [0.2, 0.25) is 15.9 Å². The van der Waals surface area contributed by atoms with Crippen LogP contribution in [0.15, 0.2) is 53.4 Å². The van der Waals surface area contributed by atoms with Crippen molar-refractivity contribution in [2.24, 2.45) is 0 Å². The van der Waals surface area contributed by atoms with Gasteiger partial charge in [-0.15, -0.1) is 0 Å². The Balaban J connectivity index is 2.09. The molecule has 26 heavy (non-hydrogen) atoms. The molecule has 0 aromatic heterocycles. The van der Waals surface area contributed by atoms with Gasteiger partial charge in [-0.1, -0.05) is 29.8 Å². The van der Waals surface area contributed by atoms with Crippen LogP contribution in [0.4, 0.5) is 4.39 Å². The maximum Gasteiger partial charge on any atom is 0.243 e. The number of hydrogen-bond acceptors (Lipinski definition) is 3. The molecule has 0 spiro atoms. The van der Waals surface area contributed by atoms with Crippen LogP contribution in [-0.4, -0.2) is 43.7 Å². The number of carbonyl (C=O) groups is 1. The lowest BCUT2D eigenvalue weighted by atomic mass is 10.2. The van der Waals surface area contributed by atoms with E-state index in [2.05, 4.69) is 0 Å². The van der Waals surface area contributed by atoms with E-state index in [1.54, 1.807) is 31.2 Å². The average molecular weight is 378 g/mol. The van der Waals surface area contributed by atoms with Gasteiger partial charge in [-0.05, 0) is 43.7 Å². The van der Waals surface area contributed by atoms with Crippen LogP contribution in [0.5, 0.6) is 0 Å². The lowest BCUT2D eigenvalue weighted by molar-refractivity contribution is -0.131. The molecule has 0 radical (unpaired) electrons. The summed E-state index contributed by atoms with van der Waals surface area (Å²) in [4.78, 5) is 14.2. The smallest absolute Gasteiger partial charge is 0.243 e. The van der Waals surface area contributed by atoms with Gasteiger partial charge in [0.1, 0.15) is 5.82 Å². The second kappa shape index (κ2) is 8.42. The van der Waals surface area contributed by atoms with Gasteiger partial charge in [-0.2, -0.15) is 4.31 Å². The number of halogens is 1. The van der Waals surface area contributed by atoms with Crippen LogP contribution in [0.3, 0.4) is 0 Å². The summed E-state index contributed by atoms with van der Waals surface area (Å²) in [5.74, 6) is -0.708. The Hall–Kier alpha value is -2.25. The SMILES string of the molecule is CCN(Cc1cccc(F)c1)C(=O)CN(C)S(=O)(=O)c1ccc(C)cc1. The van der Waals surface area contributed by atoms with Crippen LogP contribution >= 0.6 is 0 Å². The third-order valence-corrected chi connectivity index (χ3v) is 5.90. The fourth-order valence-electron chi connectivity index (χ4n) is 2.50. The lowest BCUT2D eigenvalue weighted by Gasteiger charge is -2.24. The maximum atomic E-state index is 13.3. The predicted octanol–water partition coefficient (Wildman–Crippen LogP) is 2.80. The monoisotopic (exact) mass is 378 g/mol. The van der Waals surface area contributed by atoms with Gasteiger partial charge >= 0.3 is 0 Å². The minimum atomic E-state index is -3.75. The van der Waals surface area contributed by atoms with Gasteiger partial charge in [-0.25, -0.2) is 12.8 Å². The van der Waals surface area contributed by atoms with Crippen LogP contribution in [0.1, 0.15) is 18.1 Å². The quantitative estimate of drug-likeness (QED) is 0.744.